The standard InChI is InChI=1S/C18H27NO5S/c1-14(2)11-12-19(13-17(20)24-18(3,4)5)25(21,22)16-9-7-15(23-6)8-10-16/h7-11H,12-13H2,1-6H3. The van der Waals surface area contributed by atoms with E-state index in [4.69, 9.17) is 9.47 Å². The normalized spacial score (nSPS) is 12.0. The number of benzene rings is 1. The second-order valence-electron chi connectivity index (χ2n) is 6.84. The van der Waals surface area contributed by atoms with Crippen LogP contribution in [0, 0.1) is 0 Å². The summed E-state index contributed by atoms with van der Waals surface area (Å²) in [4.78, 5) is 12.2. The zero-order valence-electron chi connectivity index (χ0n) is 15.7. The van der Waals surface area contributed by atoms with Crippen LogP contribution in [0.5, 0.6) is 5.75 Å². The predicted octanol–water partition coefficient (Wildman–Crippen LogP) is 2.99. The Morgan fingerprint density at radius 1 is 1.16 bits per heavy atom. The molecule has 0 aliphatic carbocycles. The zero-order valence-corrected chi connectivity index (χ0v) is 16.5. The fourth-order valence-electron chi connectivity index (χ4n) is 1.95. The van der Waals surface area contributed by atoms with E-state index in [1.807, 2.05) is 13.8 Å². The number of allylic oxidation sites excluding steroid dienone is 1. The maximum Gasteiger partial charge on any atom is 0.321 e. The minimum atomic E-state index is -3.84. The first kappa shape index (κ1) is 21.2. The Bertz CT molecular complexity index is 711. The van der Waals surface area contributed by atoms with E-state index in [2.05, 4.69) is 0 Å². The highest BCUT2D eigenvalue weighted by molar-refractivity contribution is 7.89. The third kappa shape index (κ3) is 6.88. The summed E-state index contributed by atoms with van der Waals surface area (Å²) in [6.45, 7) is 8.69. The van der Waals surface area contributed by atoms with Gasteiger partial charge in [0.15, 0.2) is 0 Å². The van der Waals surface area contributed by atoms with E-state index in [1.165, 1.54) is 19.2 Å². The summed E-state index contributed by atoms with van der Waals surface area (Å²) in [5, 5.41) is 0. The van der Waals surface area contributed by atoms with Gasteiger partial charge in [-0.15, -0.1) is 0 Å². The number of carbonyl (C=O) groups excluding carboxylic acids is 1. The number of sulfonamides is 1. The lowest BCUT2D eigenvalue weighted by Crippen LogP contribution is -2.39. The molecule has 0 saturated carbocycles. The fraction of sp³-hybridized carbons (Fsp3) is 0.500. The number of nitrogens with zero attached hydrogens (tertiary/aromatic N) is 1. The van der Waals surface area contributed by atoms with Gasteiger partial charge in [0.05, 0.1) is 12.0 Å². The van der Waals surface area contributed by atoms with Crippen LogP contribution in [0.25, 0.3) is 0 Å². The third-order valence-electron chi connectivity index (χ3n) is 3.13. The molecule has 0 fully saturated rings. The van der Waals surface area contributed by atoms with Crippen LogP contribution in [0.1, 0.15) is 34.6 Å². The molecule has 1 rings (SSSR count). The minimum absolute atomic E-state index is 0.0932. The Morgan fingerprint density at radius 2 is 1.72 bits per heavy atom. The molecule has 0 N–H and O–H groups in total. The van der Waals surface area contributed by atoms with Crippen molar-refractivity contribution in [1.29, 1.82) is 0 Å². The molecule has 0 amide bonds. The van der Waals surface area contributed by atoms with Gasteiger partial charge in [-0.25, -0.2) is 8.42 Å². The molecule has 0 aliphatic heterocycles. The van der Waals surface area contributed by atoms with E-state index in [0.717, 1.165) is 9.88 Å². The van der Waals surface area contributed by atoms with E-state index in [1.54, 1.807) is 39.0 Å². The Hall–Kier alpha value is -1.86. The van der Waals surface area contributed by atoms with Crippen molar-refractivity contribution in [3.63, 3.8) is 0 Å². The van der Waals surface area contributed by atoms with Crippen molar-refractivity contribution in [2.24, 2.45) is 0 Å². The molecule has 7 heteroatoms. The number of esters is 1. The summed E-state index contributed by atoms with van der Waals surface area (Å²) in [6, 6.07) is 6.05. The van der Waals surface area contributed by atoms with Crippen LogP contribution in [0.4, 0.5) is 0 Å². The molecule has 25 heavy (non-hydrogen) atoms. The van der Waals surface area contributed by atoms with Crippen molar-refractivity contribution in [2.75, 3.05) is 20.2 Å². The van der Waals surface area contributed by atoms with Crippen molar-refractivity contribution in [1.82, 2.24) is 4.31 Å². The Balaban J connectivity index is 3.11. The van der Waals surface area contributed by atoms with Crippen molar-refractivity contribution in [3.8, 4) is 5.75 Å². The molecule has 0 heterocycles. The predicted molar refractivity (Wildman–Crippen MR) is 97.0 cm³/mol. The molecule has 1 aromatic carbocycles. The number of carbonyl (C=O) groups is 1. The van der Waals surface area contributed by atoms with Crippen LogP contribution in [0.3, 0.4) is 0 Å². The van der Waals surface area contributed by atoms with Gasteiger partial charge in [-0.05, 0) is 58.9 Å². The van der Waals surface area contributed by atoms with Gasteiger partial charge in [0.1, 0.15) is 17.9 Å². The average molecular weight is 369 g/mol. The van der Waals surface area contributed by atoms with Gasteiger partial charge in [0.2, 0.25) is 10.0 Å². The summed E-state index contributed by atoms with van der Waals surface area (Å²) in [5.74, 6) is -0.0336. The molecular weight excluding hydrogens is 342 g/mol. The molecule has 0 radical (unpaired) electrons. The van der Waals surface area contributed by atoms with Crippen LogP contribution in [0.15, 0.2) is 40.8 Å². The van der Waals surface area contributed by atoms with Crippen LogP contribution in [0.2, 0.25) is 0 Å². The summed E-state index contributed by atoms with van der Waals surface area (Å²) < 4.78 is 37.2. The first-order valence-electron chi connectivity index (χ1n) is 7.95. The summed E-state index contributed by atoms with van der Waals surface area (Å²) in [7, 11) is -2.33. The number of hydrogen-bond donors (Lipinski definition) is 0. The first-order chi connectivity index (χ1) is 11.5. The number of ether oxygens (including phenoxy) is 2. The molecule has 0 spiro atoms. The molecule has 140 valence electrons. The van der Waals surface area contributed by atoms with Crippen molar-refractivity contribution in [3.05, 3.63) is 35.9 Å². The Morgan fingerprint density at radius 3 is 2.16 bits per heavy atom. The molecule has 0 aliphatic rings. The fourth-order valence-corrected chi connectivity index (χ4v) is 3.27. The molecule has 6 nitrogen and oxygen atoms in total. The van der Waals surface area contributed by atoms with E-state index in [9.17, 15) is 13.2 Å². The molecule has 0 bridgehead atoms. The monoisotopic (exact) mass is 369 g/mol. The largest absolute Gasteiger partial charge is 0.497 e. The Kier molecular flexibility index (Phi) is 7.19. The quantitative estimate of drug-likeness (QED) is 0.546. The van der Waals surface area contributed by atoms with Gasteiger partial charge < -0.3 is 9.47 Å². The maximum atomic E-state index is 12.9. The van der Waals surface area contributed by atoms with Crippen molar-refractivity contribution in [2.45, 2.75) is 45.1 Å². The molecule has 1 aromatic rings. The molecular formula is C18H27NO5S. The zero-order chi connectivity index (χ0) is 19.3. The van der Waals surface area contributed by atoms with Crippen molar-refractivity contribution < 1.29 is 22.7 Å². The van der Waals surface area contributed by atoms with Crippen molar-refractivity contribution >= 4 is 16.0 Å². The molecule has 0 aromatic heterocycles. The highest BCUT2D eigenvalue weighted by Gasteiger charge is 2.28. The lowest BCUT2D eigenvalue weighted by molar-refractivity contribution is -0.154. The maximum absolute atomic E-state index is 12.9. The summed E-state index contributed by atoms with van der Waals surface area (Å²) in [5.41, 5.74) is 0.280. The van der Waals surface area contributed by atoms with Gasteiger partial charge in [-0.1, -0.05) is 11.6 Å². The first-order valence-corrected chi connectivity index (χ1v) is 9.39. The molecule has 0 atom stereocenters. The van der Waals surface area contributed by atoms with Crippen LogP contribution < -0.4 is 4.74 Å². The second-order valence-corrected chi connectivity index (χ2v) is 8.78. The van der Waals surface area contributed by atoms with Crippen LogP contribution >= 0.6 is 0 Å². The summed E-state index contributed by atoms with van der Waals surface area (Å²) >= 11 is 0. The SMILES string of the molecule is COc1ccc(S(=O)(=O)N(CC=C(C)C)CC(=O)OC(C)(C)C)cc1. The average Bonchev–Trinajstić information content (AvgIpc) is 2.49. The third-order valence-corrected chi connectivity index (χ3v) is 4.95. The lowest BCUT2D eigenvalue weighted by Gasteiger charge is -2.24. The summed E-state index contributed by atoms with van der Waals surface area (Å²) in [6.07, 6.45) is 1.76. The smallest absolute Gasteiger partial charge is 0.321 e. The number of rotatable bonds is 7. The van der Waals surface area contributed by atoms with Gasteiger partial charge in [0, 0.05) is 6.54 Å². The van der Waals surface area contributed by atoms with Gasteiger partial charge in [-0.3, -0.25) is 4.79 Å². The van der Waals surface area contributed by atoms with Gasteiger partial charge in [0.25, 0.3) is 0 Å². The van der Waals surface area contributed by atoms with Gasteiger partial charge in [-0.2, -0.15) is 4.31 Å². The molecule has 0 unspecified atom stereocenters. The van der Waals surface area contributed by atoms with E-state index < -0.39 is 21.6 Å². The Labute approximate surface area is 150 Å². The molecule has 0 saturated heterocycles. The number of hydrogen-bond acceptors (Lipinski definition) is 5. The highest BCUT2D eigenvalue weighted by atomic mass is 32.2. The van der Waals surface area contributed by atoms with Crippen LogP contribution in [-0.4, -0.2) is 44.5 Å². The van der Waals surface area contributed by atoms with E-state index in [-0.39, 0.29) is 18.0 Å². The van der Waals surface area contributed by atoms with Crippen LogP contribution in [-0.2, 0) is 19.6 Å². The van der Waals surface area contributed by atoms with E-state index >= 15 is 0 Å². The minimum Gasteiger partial charge on any atom is -0.497 e. The van der Waals surface area contributed by atoms with Gasteiger partial charge >= 0.3 is 5.97 Å². The highest BCUT2D eigenvalue weighted by Crippen LogP contribution is 2.20. The lowest BCUT2D eigenvalue weighted by atomic mass is 10.2. The topological polar surface area (TPSA) is 72.9 Å². The number of methoxy groups -OCH3 is 1. The second kappa shape index (κ2) is 8.49. The van der Waals surface area contributed by atoms with E-state index in [0.29, 0.717) is 5.75 Å².